The number of hydrogen-bond donors (Lipinski definition) is 1. The number of aromatic nitrogens is 3. The average molecular weight is 493 g/mol. The molecule has 0 fully saturated rings. The van der Waals surface area contributed by atoms with Gasteiger partial charge in [0.15, 0.2) is 11.0 Å². The molecule has 0 spiro atoms. The number of nitrogens with one attached hydrogen (secondary N) is 1. The molecule has 7 nitrogen and oxygen atoms in total. The van der Waals surface area contributed by atoms with Crippen molar-refractivity contribution in [1.82, 2.24) is 14.8 Å². The van der Waals surface area contributed by atoms with E-state index in [-0.39, 0.29) is 18.3 Å². The van der Waals surface area contributed by atoms with Crippen molar-refractivity contribution in [3.05, 3.63) is 32.8 Å². The number of thioether (sulfide) groups is 1. The summed E-state index contributed by atoms with van der Waals surface area (Å²) in [6, 6.07) is 3.95. The molecule has 3 heterocycles. The van der Waals surface area contributed by atoms with Crippen LogP contribution in [0.3, 0.4) is 0 Å². The summed E-state index contributed by atoms with van der Waals surface area (Å²) in [4.78, 5) is 27.2. The number of aryl methyl sites for hydroxylation is 1. The monoisotopic (exact) mass is 492 g/mol. The minimum absolute atomic E-state index is 0.167. The van der Waals surface area contributed by atoms with Crippen LogP contribution in [0.15, 0.2) is 22.7 Å². The van der Waals surface area contributed by atoms with Gasteiger partial charge in [0.05, 0.1) is 17.9 Å². The third kappa shape index (κ3) is 5.60. The zero-order valence-corrected chi connectivity index (χ0v) is 21.4. The van der Waals surface area contributed by atoms with Crippen molar-refractivity contribution in [1.29, 1.82) is 0 Å². The second-order valence-electron chi connectivity index (χ2n) is 7.31. The van der Waals surface area contributed by atoms with Crippen LogP contribution in [-0.4, -0.2) is 39.0 Å². The first-order valence-corrected chi connectivity index (χ1v) is 13.3. The van der Waals surface area contributed by atoms with Crippen LogP contribution in [0.1, 0.15) is 60.6 Å². The van der Waals surface area contributed by atoms with Crippen LogP contribution in [0.5, 0.6) is 0 Å². The van der Waals surface area contributed by atoms with Crippen molar-refractivity contribution < 1.29 is 14.3 Å². The van der Waals surface area contributed by atoms with E-state index < -0.39 is 5.97 Å². The zero-order chi connectivity index (χ0) is 23.3. The highest BCUT2D eigenvalue weighted by molar-refractivity contribution is 7.99. The number of esters is 1. The quantitative estimate of drug-likeness (QED) is 0.289. The SMILES string of the molecule is CCOC(=O)c1cc(CC)sc1NC(=O)CSc1nnc(-c2csc(C(C)C)c2)n1CC. The topological polar surface area (TPSA) is 86.1 Å². The van der Waals surface area contributed by atoms with Crippen molar-refractivity contribution in [2.45, 2.75) is 58.7 Å². The Hall–Kier alpha value is -2.17. The van der Waals surface area contributed by atoms with Crippen LogP contribution >= 0.6 is 34.4 Å². The van der Waals surface area contributed by atoms with E-state index in [1.54, 1.807) is 24.3 Å². The molecule has 0 radical (unpaired) electrons. The van der Waals surface area contributed by atoms with Gasteiger partial charge < -0.3 is 14.6 Å². The Balaban J connectivity index is 1.70. The van der Waals surface area contributed by atoms with Crippen LogP contribution in [-0.2, 0) is 22.5 Å². The minimum Gasteiger partial charge on any atom is -0.462 e. The maximum absolute atomic E-state index is 12.6. The normalized spacial score (nSPS) is 11.2. The molecule has 0 saturated carbocycles. The summed E-state index contributed by atoms with van der Waals surface area (Å²) in [6.07, 6.45) is 0.783. The Morgan fingerprint density at radius 1 is 1.22 bits per heavy atom. The lowest BCUT2D eigenvalue weighted by Gasteiger charge is -2.07. The molecule has 3 aromatic rings. The Morgan fingerprint density at radius 3 is 2.62 bits per heavy atom. The molecule has 3 rings (SSSR count). The summed E-state index contributed by atoms with van der Waals surface area (Å²) in [5.74, 6) is 0.831. The van der Waals surface area contributed by atoms with E-state index in [2.05, 4.69) is 40.8 Å². The van der Waals surface area contributed by atoms with Crippen LogP contribution in [0.25, 0.3) is 11.4 Å². The van der Waals surface area contributed by atoms with Crippen molar-refractivity contribution >= 4 is 51.3 Å². The smallest absolute Gasteiger partial charge is 0.341 e. The largest absolute Gasteiger partial charge is 0.462 e. The number of carbonyl (C=O) groups excluding carboxylic acids is 2. The molecule has 1 N–H and O–H groups in total. The van der Waals surface area contributed by atoms with Crippen molar-refractivity contribution in [3.63, 3.8) is 0 Å². The lowest BCUT2D eigenvalue weighted by Crippen LogP contribution is -2.16. The summed E-state index contributed by atoms with van der Waals surface area (Å²) in [6.45, 7) is 11.1. The maximum atomic E-state index is 12.6. The molecular formula is C22H28N4O3S3. The molecule has 0 aliphatic heterocycles. The van der Waals surface area contributed by atoms with Gasteiger partial charge in [-0.3, -0.25) is 4.79 Å². The lowest BCUT2D eigenvalue weighted by molar-refractivity contribution is -0.113. The fourth-order valence-corrected chi connectivity index (χ4v) is 5.74. The highest BCUT2D eigenvalue weighted by Crippen LogP contribution is 2.32. The van der Waals surface area contributed by atoms with Gasteiger partial charge in [-0.25, -0.2) is 4.79 Å². The Kier molecular flexibility index (Phi) is 8.50. The van der Waals surface area contributed by atoms with Gasteiger partial charge in [0.2, 0.25) is 5.91 Å². The molecule has 10 heteroatoms. The fraction of sp³-hybridized carbons (Fsp3) is 0.455. The van der Waals surface area contributed by atoms with E-state index in [1.165, 1.54) is 28.0 Å². The molecule has 32 heavy (non-hydrogen) atoms. The van der Waals surface area contributed by atoms with E-state index in [1.807, 2.05) is 18.4 Å². The highest BCUT2D eigenvalue weighted by atomic mass is 32.2. The molecule has 0 aliphatic carbocycles. The summed E-state index contributed by atoms with van der Waals surface area (Å²) in [7, 11) is 0. The third-order valence-electron chi connectivity index (χ3n) is 4.69. The lowest BCUT2D eigenvalue weighted by atomic mass is 10.1. The first-order valence-electron chi connectivity index (χ1n) is 10.6. The molecule has 1 amide bonds. The van der Waals surface area contributed by atoms with Crippen LogP contribution in [0, 0.1) is 0 Å². The number of anilines is 1. The average Bonchev–Trinajstić information content (AvgIpc) is 3.49. The first kappa shape index (κ1) is 24.5. The van der Waals surface area contributed by atoms with Crippen molar-refractivity contribution in [2.24, 2.45) is 0 Å². The van der Waals surface area contributed by atoms with Crippen LogP contribution < -0.4 is 5.32 Å². The Labute approximate surface area is 200 Å². The van der Waals surface area contributed by atoms with Gasteiger partial charge in [-0.05, 0) is 38.3 Å². The fourth-order valence-electron chi connectivity index (χ4n) is 3.03. The molecule has 0 bridgehead atoms. The molecule has 0 atom stereocenters. The third-order valence-corrected chi connectivity index (χ3v) is 8.09. The Morgan fingerprint density at radius 2 is 2.00 bits per heavy atom. The molecule has 0 aromatic carbocycles. The van der Waals surface area contributed by atoms with E-state index in [0.717, 1.165) is 22.7 Å². The maximum Gasteiger partial charge on any atom is 0.341 e. The number of thiophene rings is 2. The first-order chi connectivity index (χ1) is 15.4. The molecule has 0 aliphatic rings. The summed E-state index contributed by atoms with van der Waals surface area (Å²) in [5.41, 5.74) is 1.46. The predicted molar refractivity (Wildman–Crippen MR) is 132 cm³/mol. The van der Waals surface area contributed by atoms with Gasteiger partial charge in [0.25, 0.3) is 0 Å². The van der Waals surface area contributed by atoms with Gasteiger partial charge >= 0.3 is 5.97 Å². The second-order valence-corrected chi connectivity index (χ2v) is 10.3. The van der Waals surface area contributed by atoms with Crippen LogP contribution in [0.2, 0.25) is 0 Å². The zero-order valence-electron chi connectivity index (χ0n) is 18.9. The summed E-state index contributed by atoms with van der Waals surface area (Å²) < 4.78 is 7.14. The molecular weight excluding hydrogens is 464 g/mol. The standard InChI is InChI=1S/C22H28N4O3S3/c1-6-15-10-16(21(28)29-8-3)20(32-15)23-18(27)12-31-22-25-24-19(26(22)7-2)14-9-17(13(4)5)30-11-14/h9-11,13H,6-8,12H2,1-5H3,(H,23,27). The number of nitrogens with zero attached hydrogens (tertiary/aromatic N) is 3. The number of hydrogen-bond acceptors (Lipinski definition) is 8. The van der Waals surface area contributed by atoms with Gasteiger partial charge in [-0.2, -0.15) is 0 Å². The van der Waals surface area contributed by atoms with Crippen LogP contribution in [0.4, 0.5) is 5.00 Å². The van der Waals surface area contributed by atoms with Gasteiger partial charge in [-0.15, -0.1) is 32.9 Å². The van der Waals surface area contributed by atoms with Gasteiger partial charge in [0.1, 0.15) is 5.00 Å². The van der Waals surface area contributed by atoms with E-state index >= 15 is 0 Å². The van der Waals surface area contributed by atoms with E-state index in [0.29, 0.717) is 28.2 Å². The number of carbonyl (C=O) groups is 2. The number of amides is 1. The van der Waals surface area contributed by atoms with Crippen molar-refractivity contribution in [2.75, 3.05) is 17.7 Å². The second kappa shape index (κ2) is 11.1. The highest BCUT2D eigenvalue weighted by Gasteiger charge is 2.20. The van der Waals surface area contributed by atoms with E-state index in [4.69, 9.17) is 4.74 Å². The summed E-state index contributed by atoms with van der Waals surface area (Å²) in [5, 5.41) is 14.9. The minimum atomic E-state index is -0.418. The predicted octanol–water partition coefficient (Wildman–Crippen LogP) is 5.68. The molecule has 3 aromatic heterocycles. The van der Waals surface area contributed by atoms with E-state index in [9.17, 15) is 9.59 Å². The molecule has 0 saturated heterocycles. The number of rotatable bonds is 10. The van der Waals surface area contributed by atoms with Gasteiger partial charge in [-0.1, -0.05) is 32.5 Å². The molecule has 172 valence electrons. The summed E-state index contributed by atoms with van der Waals surface area (Å²) >= 11 is 4.46. The Bertz CT molecular complexity index is 1080. The number of ether oxygens (including phenoxy) is 1. The molecule has 0 unspecified atom stereocenters. The van der Waals surface area contributed by atoms with Crippen molar-refractivity contribution in [3.8, 4) is 11.4 Å². The van der Waals surface area contributed by atoms with Gasteiger partial charge in [0, 0.05) is 27.2 Å².